The van der Waals surface area contributed by atoms with E-state index in [1.165, 1.54) is 6.42 Å². The summed E-state index contributed by atoms with van der Waals surface area (Å²) in [6.07, 6.45) is 3.93. The molecule has 7 nitrogen and oxygen atoms in total. The number of aryl methyl sites for hydroxylation is 2. The van der Waals surface area contributed by atoms with Gasteiger partial charge in [0, 0.05) is 20.1 Å². The molecule has 0 bridgehead atoms. The average molecular weight is 345 g/mol. The normalized spacial score (nSPS) is 18.4. The second-order valence-corrected chi connectivity index (χ2v) is 6.96. The van der Waals surface area contributed by atoms with Gasteiger partial charge in [0.15, 0.2) is 0 Å². The molecule has 7 heteroatoms. The van der Waals surface area contributed by atoms with Crippen LogP contribution in [0.4, 0.5) is 0 Å². The van der Waals surface area contributed by atoms with Crippen LogP contribution in [0.15, 0.2) is 22.8 Å². The molecule has 1 aliphatic heterocycles. The molecular formula is C18H27N5O2. The maximum absolute atomic E-state index is 12.5. The highest BCUT2D eigenvalue weighted by atomic mass is 16.3. The summed E-state index contributed by atoms with van der Waals surface area (Å²) in [5.41, 5.74) is 0. The van der Waals surface area contributed by atoms with Crippen LogP contribution in [-0.2, 0) is 17.9 Å². The quantitative estimate of drug-likeness (QED) is 0.799. The van der Waals surface area contributed by atoms with E-state index in [1.54, 1.807) is 11.2 Å². The van der Waals surface area contributed by atoms with E-state index in [0.717, 1.165) is 43.5 Å². The highest BCUT2D eigenvalue weighted by Gasteiger charge is 2.24. The summed E-state index contributed by atoms with van der Waals surface area (Å²) in [6.45, 7) is 7.67. The first-order valence-electron chi connectivity index (χ1n) is 8.88. The molecule has 3 rings (SSSR count). The molecule has 0 aliphatic carbocycles. The van der Waals surface area contributed by atoms with Gasteiger partial charge in [0.05, 0.1) is 19.4 Å². The Morgan fingerprint density at radius 1 is 1.44 bits per heavy atom. The Morgan fingerprint density at radius 2 is 2.28 bits per heavy atom. The number of furan rings is 1. The van der Waals surface area contributed by atoms with Crippen LogP contribution in [0.5, 0.6) is 0 Å². The molecule has 3 heterocycles. The average Bonchev–Trinajstić information content (AvgIpc) is 3.17. The zero-order chi connectivity index (χ0) is 17.8. The van der Waals surface area contributed by atoms with Gasteiger partial charge in [-0.1, -0.05) is 0 Å². The first-order chi connectivity index (χ1) is 12.0. The third-order valence-electron chi connectivity index (χ3n) is 4.75. The number of amides is 1. The second-order valence-electron chi connectivity index (χ2n) is 6.96. The van der Waals surface area contributed by atoms with Crippen LogP contribution < -0.4 is 0 Å². The van der Waals surface area contributed by atoms with Crippen LogP contribution in [0.3, 0.4) is 0 Å². The van der Waals surface area contributed by atoms with Gasteiger partial charge >= 0.3 is 0 Å². The molecule has 0 spiro atoms. The molecule has 1 amide bonds. The smallest absolute Gasteiger partial charge is 0.236 e. The van der Waals surface area contributed by atoms with Crippen molar-refractivity contribution >= 4 is 5.91 Å². The predicted molar refractivity (Wildman–Crippen MR) is 93.8 cm³/mol. The number of piperidine rings is 1. The topological polar surface area (TPSA) is 67.4 Å². The fourth-order valence-corrected chi connectivity index (χ4v) is 3.46. The molecule has 25 heavy (non-hydrogen) atoms. The third kappa shape index (κ3) is 4.69. The number of likely N-dealkylation sites (tertiary alicyclic amines) is 1. The van der Waals surface area contributed by atoms with Gasteiger partial charge in [-0.15, -0.1) is 0 Å². The van der Waals surface area contributed by atoms with Crippen LogP contribution in [0.1, 0.15) is 30.3 Å². The van der Waals surface area contributed by atoms with Crippen molar-refractivity contribution in [2.75, 3.05) is 26.7 Å². The number of likely N-dealkylation sites (N-methyl/N-ethyl adjacent to an activating group) is 1. The Labute approximate surface area is 148 Å². The maximum atomic E-state index is 12.5. The summed E-state index contributed by atoms with van der Waals surface area (Å²) >= 11 is 0. The Kier molecular flexibility index (Phi) is 5.53. The van der Waals surface area contributed by atoms with Gasteiger partial charge in [0.1, 0.15) is 17.4 Å². The highest BCUT2D eigenvalue weighted by molar-refractivity contribution is 5.77. The molecule has 0 radical (unpaired) electrons. The van der Waals surface area contributed by atoms with E-state index in [-0.39, 0.29) is 5.91 Å². The second kappa shape index (κ2) is 7.82. The molecule has 0 N–H and O–H groups in total. The summed E-state index contributed by atoms with van der Waals surface area (Å²) in [5.74, 6) is 3.23. The van der Waals surface area contributed by atoms with Gasteiger partial charge in [-0.3, -0.25) is 9.69 Å². The van der Waals surface area contributed by atoms with E-state index in [4.69, 9.17) is 4.42 Å². The van der Waals surface area contributed by atoms with Crippen LogP contribution in [0, 0.1) is 19.8 Å². The third-order valence-corrected chi connectivity index (χ3v) is 4.75. The Bertz CT molecular complexity index is 694. The van der Waals surface area contributed by atoms with Crippen molar-refractivity contribution in [1.29, 1.82) is 0 Å². The molecule has 0 saturated carbocycles. The van der Waals surface area contributed by atoms with E-state index < -0.39 is 0 Å². The van der Waals surface area contributed by atoms with Crippen LogP contribution in [-0.4, -0.2) is 57.2 Å². The van der Waals surface area contributed by atoms with Gasteiger partial charge < -0.3 is 9.32 Å². The van der Waals surface area contributed by atoms with Crippen molar-refractivity contribution in [3.63, 3.8) is 0 Å². The summed E-state index contributed by atoms with van der Waals surface area (Å²) in [5, 5.41) is 4.46. The lowest BCUT2D eigenvalue weighted by Gasteiger charge is -2.33. The summed E-state index contributed by atoms with van der Waals surface area (Å²) < 4.78 is 7.31. The molecule has 2 aromatic rings. The summed E-state index contributed by atoms with van der Waals surface area (Å²) in [7, 11) is 1.83. The molecule has 1 atom stereocenters. The van der Waals surface area contributed by atoms with Crippen molar-refractivity contribution in [3.05, 3.63) is 35.8 Å². The molecule has 1 saturated heterocycles. The zero-order valence-electron chi connectivity index (χ0n) is 15.3. The van der Waals surface area contributed by atoms with Crippen LogP contribution in [0.2, 0.25) is 0 Å². The van der Waals surface area contributed by atoms with E-state index in [2.05, 4.69) is 15.0 Å². The number of aromatic nitrogens is 3. The minimum absolute atomic E-state index is 0.129. The SMILES string of the molecule is Cc1nc(C)n(C[C@@H]2CCCN(CC(=O)N(C)Cc3ccco3)C2)n1. The number of nitrogens with zero attached hydrogens (tertiary/aromatic N) is 5. The Balaban J connectivity index is 1.50. The summed E-state index contributed by atoms with van der Waals surface area (Å²) in [4.78, 5) is 20.8. The molecule has 136 valence electrons. The lowest BCUT2D eigenvalue weighted by molar-refractivity contribution is -0.132. The van der Waals surface area contributed by atoms with Gasteiger partial charge in [0.2, 0.25) is 5.91 Å². The fourth-order valence-electron chi connectivity index (χ4n) is 3.46. The number of carbonyl (C=O) groups is 1. The minimum Gasteiger partial charge on any atom is -0.467 e. The van der Waals surface area contributed by atoms with E-state index >= 15 is 0 Å². The fraction of sp³-hybridized carbons (Fsp3) is 0.611. The van der Waals surface area contributed by atoms with Gasteiger partial charge in [0.25, 0.3) is 0 Å². The molecule has 2 aromatic heterocycles. The first kappa shape index (κ1) is 17.7. The number of hydrogen-bond acceptors (Lipinski definition) is 5. The number of rotatable bonds is 6. The van der Waals surface area contributed by atoms with Crippen molar-refractivity contribution in [1.82, 2.24) is 24.6 Å². The number of carbonyl (C=O) groups excluding carboxylic acids is 1. The molecule has 1 fully saturated rings. The van der Waals surface area contributed by atoms with Crippen molar-refractivity contribution in [2.24, 2.45) is 5.92 Å². The minimum atomic E-state index is 0.129. The Hall–Kier alpha value is -2.15. The lowest BCUT2D eigenvalue weighted by atomic mass is 9.98. The van der Waals surface area contributed by atoms with Crippen LogP contribution >= 0.6 is 0 Å². The maximum Gasteiger partial charge on any atom is 0.236 e. The highest BCUT2D eigenvalue weighted by Crippen LogP contribution is 2.19. The molecule has 1 aliphatic rings. The Morgan fingerprint density at radius 3 is 2.96 bits per heavy atom. The van der Waals surface area contributed by atoms with Gasteiger partial charge in [-0.2, -0.15) is 5.10 Å². The summed E-state index contributed by atoms with van der Waals surface area (Å²) in [6, 6.07) is 3.74. The van der Waals surface area contributed by atoms with Gasteiger partial charge in [-0.05, 0) is 51.3 Å². The van der Waals surface area contributed by atoms with Gasteiger partial charge in [-0.25, -0.2) is 9.67 Å². The van der Waals surface area contributed by atoms with E-state index in [0.29, 0.717) is 19.0 Å². The monoisotopic (exact) mass is 345 g/mol. The first-order valence-corrected chi connectivity index (χ1v) is 8.88. The number of hydrogen-bond donors (Lipinski definition) is 0. The molecule has 0 aromatic carbocycles. The van der Waals surface area contributed by atoms with E-state index in [9.17, 15) is 4.79 Å². The van der Waals surface area contributed by atoms with Crippen molar-refractivity contribution < 1.29 is 9.21 Å². The van der Waals surface area contributed by atoms with Crippen molar-refractivity contribution in [3.8, 4) is 0 Å². The predicted octanol–water partition coefficient (Wildman–Crippen LogP) is 1.86. The lowest BCUT2D eigenvalue weighted by Crippen LogP contribution is -2.43. The van der Waals surface area contributed by atoms with Crippen molar-refractivity contribution in [2.45, 2.75) is 39.8 Å². The van der Waals surface area contributed by atoms with E-state index in [1.807, 2.05) is 37.7 Å². The zero-order valence-corrected chi connectivity index (χ0v) is 15.3. The van der Waals surface area contributed by atoms with Crippen LogP contribution in [0.25, 0.3) is 0 Å². The standard InChI is InChI=1S/C18H27N5O2/c1-14-19-15(2)23(20-14)11-16-6-4-8-22(10-16)13-18(24)21(3)12-17-7-5-9-25-17/h5,7,9,16H,4,6,8,10-13H2,1-3H3/t16-/m1/s1. The molecular weight excluding hydrogens is 318 g/mol. The largest absolute Gasteiger partial charge is 0.467 e. The molecule has 0 unspecified atom stereocenters.